The summed E-state index contributed by atoms with van der Waals surface area (Å²) < 4.78 is 0. The Hall–Kier alpha value is -2.57. The Kier molecular flexibility index (Phi) is 7.21. The van der Waals surface area contributed by atoms with Crippen LogP contribution in [0.15, 0.2) is 42.5 Å². The van der Waals surface area contributed by atoms with E-state index in [1.165, 1.54) is 11.1 Å². The van der Waals surface area contributed by atoms with Crippen molar-refractivity contribution in [3.63, 3.8) is 0 Å². The van der Waals surface area contributed by atoms with Crippen LogP contribution in [0.2, 0.25) is 0 Å². The summed E-state index contributed by atoms with van der Waals surface area (Å²) in [6.45, 7) is 5.97. The molecule has 144 valence electrons. The van der Waals surface area contributed by atoms with Crippen LogP contribution in [0.25, 0.3) is 0 Å². The molecule has 1 aliphatic heterocycles. The number of fused-ring (bicyclic) bond motifs is 1. The standard InChI is InChI=1S/C20H24N4O2.ClH/c1-13(2)23-20(26)24-18-6-4-3-5-17(18)19(25)22-10-14-7-8-15-11-21-12-16(15)9-14;/h3-9,13,21H,10-12H2,1-2H3,(H,22,25)(H2,23,24,26);1H. The van der Waals surface area contributed by atoms with E-state index in [2.05, 4.69) is 33.4 Å². The summed E-state index contributed by atoms with van der Waals surface area (Å²) >= 11 is 0. The predicted octanol–water partition coefficient (Wildman–Crippen LogP) is 3.17. The largest absolute Gasteiger partial charge is 0.348 e. The molecule has 1 aliphatic rings. The second-order valence-electron chi connectivity index (χ2n) is 6.69. The van der Waals surface area contributed by atoms with E-state index in [1.54, 1.807) is 24.3 Å². The maximum absolute atomic E-state index is 12.6. The normalized spacial score (nSPS) is 12.1. The first-order valence-electron chi connectivity index (χ1n) is 8.79. The summed E-state index contributed by atoms with van der Waals surface area (Å²) in [6, 6.07) is 12.9. The van der Waals surface area contributed by atoms with Crippen molar-refractivity contribution < 1.29 is 9.59 Å². The molecule has 2 aromatic rings. The molecular formula is C20H25ClN4O2. The fourth-order valence-corrected chi connectivity index (χ4v) is 2.95. The Bertz CT molecular complexity index is 823. The molecule has 27 heavy (non-hydrogen) atoms. The molecule has 0 aromatic heterocycles. The minimum atomic E-state index is -0.327. The summed E-state index contributed by atoms with van der Waals surface area (Å²) in [7, 11) is 0. The quantitative estimate of drug-likeness (QED) is 0.635. The third-order valence-corrected chi connectivity index (χ3v) is 4.19. The molecule has 0 spiro atoms. The van der Waals surface area contributed by atoms with Crippen LogP contribution in [-0.4, -0.2) is 18.0 Å². The summed E-state index contributed by atoms with van der Waals surface area (Å²) in [5.41, 5.74) is 4.58. The molecule has 0 saturated carbocycles. The number of hydrogen-bond acceptors (Lipinski definition) is 3. The molecule has 0 bridgehead atoms. The van der Waals surface area contributed by atoms with Gasteiger partial charge in [-0.1, -0.05) is 30.3 Å². The maximum Gasteiger partial charge on any atom is 0.319 e. The summed E-state index contributed by atoms with van der Waals surface area (Å²) in [5, 5.41) is 11.7. The second-order valence-corrected chi connectivity index (χ2v) is 6.69. The van der Waals surface area contributed by atoms with E-state index in [-0.39, 0.29) is 30.4 Å². The van der Waals surface area contributed by atoms with Gasteiger partial charge in [0.2, 0.25) is 0 Å². The predicted molar refractivity (Wildman–Crippen MR) is 109 cm³/mol. The van der Waals surface area contributed by atoms with Crippen LogP contribution >= 0.6 is 12.4 Å². The molecule has 0 aliphatic carbocycles. The lowest BCUT2D eigenvalue weighted by molar-refractivity contribution is 0.0952. The van der Waals surface area contributed by atoms with Gasteiger partial charge < -0.3 is 21.3 Å². The van der Waals surface area contributed by atoms with Gasteiger partial charge in [-0.2, -0.15) is 0 Å². The van der Waals surface area contributed by atoms with Gasteiger partial charge in [-0.15, -0.1) is 12.4 Å². The van der Waals surface area contributed by atoms with Crippen LogP contribution in [0.5, 0.6) is 0 Å². The second kappa shape index (κ2) is 9.39. The number of anilines is 1. The molecule has 3 amide bonds. The highest BCUT2D eigenvalue weighted by molar-refractivity contribution is 6.03. The molecule has 0 saturated heterocycles. The lowest BCUT2D eigenvalue weighted by atomic mass is 10.1. The molecule has 0 radical (unpaired) electrons. The molecule has 0 unspecified atom stereocenters. The highest BCUT2D eigenvalue weighted by Crippen LogP contribution is 2.18. The van der Waals surface area contributed by atoms with Crippen LogP contribution in [-0.2, 0) is 19.6 Å². The van der Waals surface area contributed by atoms with Gasteiger partial charge in [-0.3, -0.25) is 4.79 Å². The van der Waals surface area contributed by atoms with E-state index in [9.17, 15) is 9.59 Å². The smallest absolute Gasteiger partial charge is 0.319 e. The molecule has 3 rings (SSSR count). The van der Waals surface area contributed by atoms with Gasteiger partial charge in [-0.25, -0.2) is 4.79 Å². The van der Waals surface area contributed by atoms with Crippen molar-refractivity contribution in [2.45, 2.75) is 39.5 Å². The molecule has 7 heteroatoms. The van der Waals surface area contributed by atoms with Crippen molar-refractivity contribution in [3.05, 3.63) is 64.7 Å². The Labute approximate surface area is 165 Å². The van der Waals surface area contributed by atoms with E-state index in [0.29, 0.717) is 17.8 Å². The van der Waals surface area contributed by atoms with Gasteiger partial charge >= 0.3 is 6.03 Å². The zero-order valence-electron chi connectivity index (χ0n) is 15.5. The number of urea groups is 1. The summed E-state index contributed by atoms with van der Waals surface area (Å²) in [4.78, 5) is 24.5. The van der Waals surface area contributed by atoms with Crippen molar-refractivity contribution >= 4 is 30.0 Å². The first-order chi connectivity index (χ1) is 12.5. The molecule has 0 fully saturated rings. The van der Waals surface area contributed by atoms with E-state index >= 15 is 0 Å². The molecule has 0 atom stereocenters. The van der Waals surface area contributed by atoms with E-state index in [1.807, 2.05) is 19.9 Å². The van der Waals surface area contributed by atoms with Gasteiger partial charge in [0, 0.05) is 25.7 Å². The van der Waals surface area contributed by atoms with Crippen LogP contribution in [0, 0.1) is 0 Å². The van der Waals surface area contributed by atoms with E-state index < -0.39 is 0 Å². The number of carbonyl (C=O) groups excluding carboxylic acids is 2. The molecule has 2 aromatic carbocycles. The zero-order chi connectivity index (χ0) is 18.5. The van der Waals surface area contributed by atoms with Crippen molar-refractivity contribution in [2.24, 2.45) is 0 Å². The van der Waals surface area contributed by atoms with Crippen LogP contribution in [0.1, 0.15) is 40.9 Å². The maximum atomic E-state index is 12.6. The average molecular weight is 389 g/mol. The van der Waals surface area contributed by atoms with Gasteiger partial charge in [-0.05, 0) is 42.7 Å². The zero-order valence-corrected chi connectivity index (χ0v) is 16.3. The Morgan fingerprint density at radius 3 is 2.59 bits per heavy atom. The molecule has 1 heterocycles. The molecule has 6 nitrogen and oxygen atoms in total. The van der Waals surface area contributed by atoms with Crippen LogP contribution in [0.4, 0.5) is 10.5 Å². The summed E-state index contributed by atoms with van der Waals surface area (Å²) in [6.07, 6.45) is 0. The fraction of sp³-hybridized carbons (Fsp3) is 0.300. The molecule has 4 N–H and O–H groups in total. The third kappa shape index (κ3) is 5.45. The average Bonchev–Trinajstić information content (AvgIpc) is 3.07. The number of benzene rings is 2. The minimum Gasteiger partial charge on any atom is -0.348 e. The van der Waals surface area contributed by atoms with E-state index in [4.69, 9.17) is 0 Å². The van der Waals surface area contributed by atoms with Gasteiger partial charge in [0.25, 0.3) is 5.91 Å². The first kappa shape index (κ1) is 20.7. The number of amides is 3. The molecular weight excluding hydrogens is 364 g/mol. The fourth-order valence-electron chi connectivity index (χ4n) is 2.95. The monoisotopic (exact) mass is 388 g/mol. The highest BCUT2D eigenvalue weighted by Gasteiger charge is 2.14. The number of para-hydroxylation sites is 1. The lowest BCUT2D eigenvalue weighted by Gasteiger charge is -2.14. The number of nitrogens with one attached hydrogen (secondary N) is 4. The van der Waals surface area contributed by atoms with Gasteiger partial charge in [0.1, 0.15) is 0 Å². The number of carbonyl (C=O) groups is 2. The van der Waals surface area contributed by atoms with E-state index in [0.717, 1.165) is 18.7 Å². The van der Waals surface area contributed by atoms with Gasteiger partial charge in [0.15, 0.2) is 0 Å². The Morgan fingerprint density at radius 1 is 1.07 bits per heavy atom. The van der Waals surface area contributed by atoms with Crippen LogP contribution in [0.3, 0.4) is 0 Å². The number of rotatable bonds is 5. The third-order valence-electron chi connectivity index (χ3n) is 4.19. The Balaban J connectivity index is 0.00000261. The number of hydrogen-bond donors (Lipinski definition) is 4. The highest BCUT2D eigenvalue weighted by atomic mass is 35.5. The Morgan fingerprint density at radius 2 is 1.81 bits per heavy atom. The van der Waals surface area contributed by atoms with Gasteiger partial charge in [0.05, 0.1) is 11.3 Å². The van der Waals surface area contributed by atoms with Crippen molar-refractivity contribution in [2.75, 3.05) is 5.32 Å². The first-order valence-corrected chi connectivity index (χ1v) is 8.79. The number of halogens is 1. The SMILES string of the molecule is CC(C)NC(=O)Nc1ccccc1C(=O)NCc1ccc2c(c1)CNC2.Cl. The lowest BCUT2D eigenvalue weighted by Crippen LogP contribution is -2.35. The topological polar surface area (TPSA) is 82.3 Å². The minimum absolute atomic E-state index is 0. The van der Waals surface area contributed by atoms with Crippen molar-refractivity contribution in [1.29, 1.82) is 0 Å². The summed E-state index contributed by atoms with van der Waals surface area (Å²) in [5.74, 6) is -0.218. The van der Waals surface area contributed by atoms with Crippen molar-refractivity contribution in [3.8, 4) is 0 Å². The van der Waals surface area contributed by atoms with Crippen molar-refractivity contribution in [1.82, 2.24) is 16.0 Å². The van der Waals surface area contributed by atoms with Crippen LogP contribution < -0.4 is 21.3 Å².